The van der Waals surface area contributed by atoms with Gasteiger partial charge in [0, 0.05) is 6.42 Å². The Balaban J connectivity index is 2.34. The summed E-state index contributed by atoms with van der Waals surface area (Å²) in [6, 6.07) is 0. The van der Waals surface area contributed by atoms with Gasteiger partial charge in [0.25, 0.3) is 0 Å². The maximum absolute atomic E-state index is 12.7. The molecule has 1 heterocycles. The molecule has 0 aromatic rings. The highest BCUT2D eigenvalue weighted by Crippen LogP contribution is 2.20. The van der Waals surface area contributed by atoms with Crippen LogP contribution in [0.3, 0.4) is 0 Å². The van der Waals surface area contributed by atoms with E-state index < -0.39 is 40.7 Å². The zero-order valence-corrected chi connectivity index (χ0v) is 11.2. The van der Waals surface area contributed by atoms with Crippen molar-refractivity contribution in [3.63, 3.8) is 0 Å². The molecule has 1 aliphatic heterocycles. The van der Waals surface area contributed by atoms with Crippen LogP contribution in [0.2, 0.25) is 0 Å². The number of hydrogen-bond donors (Lipinski definition) is 0. The van der Waals surface area contributed by atoms with Gasteiger partial charge in [-0.3, -0.25) is 0 Å². The van der Waals surface area contributed by atoms with Crippen molar-refractivity contribution < 1.29 is 40.8 Å². The van der Waals surface area contributed by atoms with Gasteiger partial charge >= 0.3 is 11.2 Å². The molecule has 0 aliphatic carbocycles. The average Bonchev–Trinajstić information content (AvgIpc) is 2.79. The number of esters is 1. The van der Waals surface area contributed by atoms with Gasteiger partial charge in [0.15, 0.2) is 10.1 Å². The molecule has 0 radical (unpaired) electrons. The Kier molecular flexibility index (Phi) is 5.57. The molecule has 0 amide bonds. The highest BCUT2D eigenvalue weighted by atomic mass is 32.2. The molecule has 0 bridgehead atoms. The van der Waals surface area contributed by atoms with Crippen molar-refractivity contribution in [2.24, 2.45) is 0 Å². The summed E-state index contributed by atoms with van der Waals surface area (Å²) in [6.45, 7) is 1.64. The maximum atomic E-state index is 12.7. The fourth-order valence-electron chi connectivity index (χ4n) is 1.26. The molecule has 0 spiro atoms. The molecule has 0 aromatic heterocycles. The monoisotopic (exact) mass is 315 g/mol. The molecule has 10 heteroatoms. The first kappa shape index (κ1) is 17.0. The third-order valence-electron chi connectivity index (χ3n) is 2.36. The molecule has 1 unspecified atom stereocenters. The molecule has 1 fully saturated rings. The molecular formula is C10H13F2O7S-. The van der Waals surface area contributed by atoms with E-state index in [1.54, 1.807) is 0 Å². The van der Waals surface area contributed by atoms with E-state index >= 15 is 0 Å². The van der Waals surface area contributed by atoms with Crippen LogP contribution in [0, 0.1) is 0 Å². The summed E-state index contributed by atoms with van der Waals surface area (Å²) >= 11 is 0. The Labute approximate surface area is 114 Å². The zero-order valence-electron chi connectivity index (χ0n) is 10.3. The van der Waals surface area contributed by atoms with Crippen molar-refractivity contribution in [1.29, 1.82) is 0 Å². The molecule has 7 nitrogen and oxygen atoms in total. The van der Waals surface area contributed by atoms with E-state index in [-0.39, 0.29) is 12.2 Å². The summed E-state index contributed by atoms with van der Waals surface area (Å²) < 4.78 is 70.2. The number of carbonyl (C=O) groups is 1. The SMILES string of the molecule is C=C(COCC(F)(F)S(=O)(=O)[O-])C(=O)OC1CCOC1. The second-order valence-corrected chi connectivity index (χ2v) is 5.58. The van der Waals surface area contributed by atoms with Gasteiger partial charge in [0.2, 0.25) is 0 Å². The van der Waals surface area contributed by atoms with Crippen molar-refractivity contribution in [2.45, 2.75) is 17.8 Å². The van der Waals surface area contributed by atoms with Gasteiger partial charge in [0.05, 0.1) is 25.4 Å². The third-order valence-corrected chi connectivity index (χ3v) is 3.21. The highest BCUT2D eigenvalue weighted by Gasteiger charge is 2.38. The van der Waals surface area contributed by atoms with Crippen LogP contribution in [0.5, 0.6) is 0 Å². The van der Waals surface area contributed by atoms with Crippen LogP contribution in [-0.4, -0.2) is 56.7 Å². The number of hydrogen-bond acceptors (Lipinski definition) is 7. The second kappa shape index (κ2) is 6.57. The molecule has 0 aromatic carbocycles. The second-order valence-electron chi connectivity index (χ2n) is 4.08. The first-order valence-electron chi connectivity index (χ1n) is 5.51. The minimum absolute atomic E-state index is 0.242. The van der Waals surface area contributed by atoms with E-state index in [0.717, 1.165) is 0 Å². The predicted molar refractivity (Wildman–Crippen MR) is 59.9 cm³/mol. The normalized spacial score (nSPS) is 19.9. The standard InChI is InChI=1S/C10H14F2O7S/c1-7(9(13)19-8-2-3-17-5-8)4-18-6-10(11,12)20(14,15)16/h8H,1-6H2,(H,14,15,16)/p-1. The van der Waals surface area contributed by atoms with Crippen LogP contribution in [-0.2, 0) is 29.1 Å². The fraction of sp³-hybridized carbons (Fsp3) is 0.700. The summed E-state index contributed by atoms with van der Waals surface area (Å²) in [5.74, 6) is -0.853. The van der Waals surface area contributed by atoms with Crippen LogP contribution in [0.25, 0.3) is 0 Å². The summed E-state index contributed by atoms with van der Waals surface area (Å²) in [5, 5.41) is -4.56. The molecule has 1 atom stereocenters. The number of ether oxygens (including phenoxy) is 3. The Morgan fingerprint density at radius 3 is 2.65 bits per heavy atom. The Bertz CT molecular complexity index is 468. The van der Waals surface area contributed by atoms with E-state index in [9.17, 15) is 26.5 Å². The fourth-order valence-corrected chi connectivity index (χ4v) is 1.49. The third kappa shape index (κ3) is 4.78. The summed E-state index contributed by atoms with van der Waals surface area (Å²) in [4.78, 5) is 11.4. The minimum Gasteiger partial charge on any atom is -0.743 e. The van der Waals surface area contributed by atoms with Crippen molar-refractivity contribution in [1.82, 2.24) is 0 Å². The van der Waals surface area contributed by atoms with Gasteiger partial charge in [-0.15, -0.1) is 0 Å². The van der Waals surface area contributed by atoms with Crippen LogP contribution in [0.1, 0.15) is 6.42 Å². The number of alkyl halides is 2. The topological polar surface area (TPSA) is 102 Å². The van der Waals surface area contributed by atoms with Crippen molar-refractivity contribution in [3.05, 3.63) is 12.2 Å². The Morgan fingerprint density at radius 1 is 1.50 bits per heavy atom. The van der Waals surface area contributed by atoms with Gasteiger partial charge < -0.3 is 18.8 Å². The average molecular weight is 315 g/mol. The predicted octanol–water partition coefficient (Wildman–Crippen LogP) is 0.0293. The molecule has 1 rings (SSSR count). The largest absolute Gasteiger partial charge is 0.743 e. The number of rotatable bonds is 7. The van der Waals surface area contributed by atoms with E-state index in [1.165, 1.54) is 0 Å². The molecule has 1 saturated heterocycles. The first-order chi connectivity index (χ1) is 9.13. The smallest absolute Gasteiger partial charge is 0.357 e. The van der Waals surface area contributed by atoms with E-state index in [4.69, 9.17) is 9.47 Å². The van der Waals surface area contributed by atoms with E-state index in [2.05, 4.69) is 11.3 Å². The molecule has 20 heavy (non-hydrogen) atoms. The maximum Gasteiger partial charge on any atom is 0.357 e. The molecule has 0 N–H and O–H groups in total. The summed E-state index contributed by atoms with van der Waals surface area (Å²) in [7, 11) is -5.81. The number of halogens is 2. The number of carbonyl (C=O) groups excluding carboxylic acids is 1. The molecular weight excluding hydrogens is 302 g/mol. The lowest BCUT2D eigenvalue weighted by molar-refractivity contribution is -0.145. The lowest BCUT2D eigenvalue weighted by Gasteiger charge is -2.19. The van der Waals surface area contributed by atoms with Gasteiger partial charge in [-0.2, -0.15) is 8.78 Å². The van der Waals surface area contributed by atoms with Crippen LogP contribution >= 0.6 is 0 Å². The molecule has 116 valence electrons. The van der Waals surface area contributed by atoms with Crippen molar-refractivity contribution in [3.8, 4) is 0 Å². The molecule has 0 saturated carbocycles. The van der Waals surface area contributed by atoms with Crippen LogP contribution < -0.4 is 0 Å². The lowest BCUT2D eigenvalue weighted by atomic mass is 10.3. The van der Waals surface area contributed by atoms with Crippen LogP contribution in [0.4, 0.5) is 8.78 Å². The quantitative estimate of drug-likeness (QED) is 0.371. The molecule has 1 aliphatic rings. The summed E-state index contributed by atoms with van der Waals surface area (Å²) in [5.41, 5.74) is -0.268. The van der Waals surface area contributed by atoms with E-state index in [0.29, 0.717) is 13.0 Å². The van der Waals surface area contributed by atoms with E-state index in [1.807, 2.05) is 0 Å². The summed E-state index contributed by atoms with van der Waals surface area (Å²) in [6.07, 6.45) is 0.0922. The van der Waals surface area contributed by atoms with Gasteiger partial charge in [-0.05, 0) is 0 Å². The highest BCUT2D eigenvalue weighted by molar-refractivity contribution is 7.86. The zero-order chi connectivity index (χ0) is 15.4. The Hall–Kier alpha value is -1.10. The minimum atomic E-state index is -5.81. The van der Waals surface area contributed by atoms with Gasteiger partial charge in [-0.25, -0.2) is 13.2 Å². The van der Waals surface area contributed by atoms with Gasteiger partial charge in [-0.1, -0.05) is 6.58 Å². The van der Waals surface area contributed by atoms with Crippen molar-refractivity contribution in [2.75, 3.05) is 26.4 Å². The first-order valence-corrected chi connectivity index (χ1v) is 6.92. The van der Waals surface area contributed by atoms with Gasteiger partial charge in [0.1, 0.15) is 12.7 Å². The Morgan fingerprint density at radius 2 is 2.15 bits per heavy atom. The lowest BCUT2D eigenvalue weighted by Crippen LogP contribution is -2.34. The van der Waals surface area contributed by atoms with Crippen molar-refractivity contribution >= 4 is 16.1 Å². The van der Waals surface area contributed by atoms with Crippen LogP contribution in [0.15, 0.2) is 12.2 Å².